The minimum atomic E-state index is -0.310. The van der Waals surface area contributed by atoms with Gasteiger partial charge in [0, 0.05) is 12.0 Å². The summed E-state index contributed by atoms with van der Waals surface area (Å²) in [5, 5.41) is 3.11. The molecule has 0 atom stereocenters. The highest BCUT2D eigenvalue weighted by Crippen LogP contribution is 2.30. The number of aryl methyl sites for hydroxylation is 1. The van der Waals surface area contributed by atoms with Gasteiger partial charge in [0.2, 0.25) is 5.91 Å². The van der Waals surface area contributed by atoms with Gasteiger partial charge in [0.05, 0.1) is 0 Å². The fourth-order valence-electron chi connectivity index (χ4n) is 3.15. The van der Waals surface area contributed by atoms with Crippen LogP contribution >= 0.6 is 0 Å². The molecule has 0 spiro atoms. The normalized spacial score (nSPS) is 13.1. The average molecular weight is 378 g/mol. The Kier molecular flexibility index (Phi) is 6.91. The van der Waals surface area contributed by atoms with Gasteiger partial charge in [-0.25, -0.2) is 0 Å². The number of benzene rings is 2. The summed E-state index contributed by atoms with van der Waals surface area (Å²) in [5.74, 6) is 1.84. The number of carbonyl (C=O) groups is 1. The zero-order chi connectivity index (χ0) is 19.8. The van der Waals surface area contributed by atoms with Gasteiger partial charge in [0.1, 0.15) is 11.5 Å². The smallest absolute Gasteiger partial charge is 0.225 e. The molecule has 1 aliphatic carbocycles. The van der Waals surface area contributed by atoms with Crippen molar-refractivity contribution < 1.29 is 9.53 Å². The monoisotopic (exact) mass is 377 g/mol. The molecule has 0 aliphatic heterocycles. The van der Waals surface area contributed by atoms with Crippen molar-refractivity contribution in [2.24, 2.45) is 5.41 Å². The first-order valence-corrected chi connectivity index (χ1v) is 10.3. The fraction of sp³-hybridized carbons (Fsp3) is 0.400. The minimum Gasteiger partial charge on any atom is -0.457 e. The van der Waals surface area contributed by atoms with E-state index in [1.807, 2.05) is 56.3 Å². The average Bonchev–Trinajstić information content (AvgIpc) is 3.50. The van der Waals surface area contributed by atoms with Crippen molar-refractivity contribution in [3.63, 3.8) is 0 Å². The predicted molar refractivity (Wildman–Crippen MR) is 115 cm³/mol. The number of para-hydroxylation sites is 1. The first-order valence-electron chi connectivity index (χ1n) is 10.3. The molecule has 3 heteroatoms. The molecule has 2 aromatic carbocycles. The summed E-state index contributed by atoms with van der Waals surface area (Å²) in [6, 6.07) is 18.0. The van der Waals surface area contributed by atoms with E-state index < -0.39 is 0 Å². The second-order valence-electron chi connectivity index (χ2n) is 8.21. The summed E-state index contributed by atoms with van der Waals surface area (Å²) in [4.78, 5) is 12.5. The largest absolute Gasteiger partial charge is 0.457 e. The Morgan fingerprint density at radius 2 is 1.82 bits per heavy atom. The molecule has 0 aromatic heterocycles. The van der Waals surface area contributed by atoms with E-state index in [2.05, 4.69) is 23.5 Å². The summed E-state index contributed by atoms with van der Waals surface area (Å²) in [6.45, 7) is 4.78. The van der Waals surface area contributed by atoms with Crippen molar-refractivity contribution in [1.29, 1.82) is 0 Å². The van der Waals surface area contributed by atoms with Crippen LogP contribution in [0.25, 0.3) is 0 Å². The highest BCUT2D eigenvalue weighted by Gasteiger charge is 2.26. The number of nitrogens with one attached hydrogen (secondary N) is 1. The van der Waals surface area contributed by atoms with Gasteiger partial charge in [-0.15, -0.1) is 0 Å². The molecule has 3 nitrogen and oxygen atoms in total. The van der Waals surface area contributed by atoms with Crippen molar-refractivity contribution >= 4 is 5.91 Å². The van der Waals surface area contributed by atoms with Crippen LogP contribution in [0, 0.1) is 5.41 Å². The fourth-order valence-corrected chi connectivity index (χ4v) is 3.15. The summed E-state index contributed by atoms with van der Waals surface area (Å²) in [7, 11) is 0. The number of amides is 1. The van der Waals surface area contributed by atoms with E-state index in [0.717, 1.165) is 37.2 Å². The number of carbonyl (C=O) groups excluding carboxylic acids is 1. The van der Waals surface area contributed by atoms with Crippen LogP contribution < -0.4 is 10.1 Å². The molecule has 3 rings (SSSR count). The number of hydrogen-bond acceptors (Lipinski definition) is 2. The zero-order valence-electron chi connectivity index (χ0n) is 17.0. The van der Waals surface area contributed by atoms with Gasteiger partial charge in [-0.3, -0.25) is 4.79 Å². The Morgan fingerprint density at radius 3 is 2.57 bits per heavy atom. The summed E-state index contributed by atoms with van der Waals surface area (Å²) in [5.41, 5.74) is 2.46. The van der Waals surface area contributed by atoms with E-state index >= 15 is 0 Å². The van der Waals surface area contributed by atoms with E-state index in [1.165, 1.54) is 18.4 Å². The molecule has 1 saturated carbocycles. The lowest BCUT2D eigenvalue weighted by Crippen LogP contribution is -2.37. The van der Waals surface area contributed by atoms with Crippen LogP contribution in [0.4, 0.5) is 0 Å². The van der Waals surface area contributed by atoms with Crippen molar-refractivity contribution in [1.82, 2.24) is 5.32 Å². The highest BCUT2D eigenvalue weighted by molar-refractivity contribution is 5.81. The van der Waals surface area contributed by atoms with Crippen LogP contribution in [0.3, 0.4) is 0 Å². The summed E-state index contributed by atoms with van der Waals surface area (Å²) >= 11 is 0. The van der Waals surface area contributed by atoms with E-state index in [0.29, 0.717) is 6.54 Å². The van der Waals surface area contributed by atoms with E-state index in [4.69, 9.17) is 4.74 Å². The third-order valence-corrected chi connectivity index (χ3v) is 5.16. The third-order valence-electron chi connectivity index (χ3n) is 5.16. The molecule has 1 amide bonds. The summed E-state index contributed by atoms with van der Waals surface area (Å²) in [6.07, 6.45) is 8.55. The molecular formula is C25H31NO2. The van der Waals surface area contributed by atoms with Crippen molar-refractivity contribution in [2.75, 3.05) is 6.54 Å². The molecule has 28 heavy (non-hydrogen) atoms. The maximum absolute atomic E-state index is 12.5. The van der Waals surface area contributed by atoms with Gasteiger partial charge < -0.3 is 10.1 Å². The minimum absolute atomic E-state index is 0.155. The van der Waals surface area contributed by atoms with Crippen molar-refractivity contribution in [2.45, 2.75) is 52.4 Å². The SMILES string of the molecule is CC(C)(CCC=C1CC1)C(=O)NCCCc1cccc(Oc2ccccc2)c1. The Bertz CT molecular complexity index is 802. The third kappa shape index (κ3) is 6.56. The Morgan fingerprint density at radius 1 is 1.07 bits per heavy atom. The first-order chi connectivity index (χ1) is 13.5. The van der Waals surface area contributed by atoms with Gasteiger partial charge in [-0.2, -0.15) is 0 Å². The van der Waals surface area contributed by atoms with Gasteiger partial charge in [0.25, 0.3) is 0 Å². The molecule has 1 fully saturated rings. The Balaban J connectivity index is 1.40. The predicted octanol–water partition coefficient (Wildman–Crippen LogP) is 6.05. The molecule has 0 unspecified atom stereocenters. The second-order valence-corrected chi connectivity index (χ2v) is 8.21. The first kappa shape index (κ1) is 20.2. The second kappa shape index (κ2) is 9.59. The van der Waals surface area contributed by atoms with Crippen LogP contribution in [0.1, 0.15) is 51.5 Å². The quantitative estimate of drug-likeness (QED) is 0.404. The molecule has 1 N–H and O–H groups in total. The molecular weight excluding hydrogens is 346 g/mol. The van der Waals surface area contributed by atoms with Crippen molar-refractivity contribution in [3.05, 3.63) is 71.8 Å². The van der Waals surface area contributed by atoms with Crippen molar-refractivity contribution in [3.8, 4) is 11.5 Å². The van der Waals surface area contributed by atoms with E-state index in [9.17, 15) is 4.79 Å². The molecule has 0 bridgehead atoms. The molecule has 0 radical (unpaired) electrons. The zero-order valence-corrected chi connectivity index (χ0v) is 17.0. The Labute approximate surface area is 168 Å². The summed E-state index contributed by atoms with van der Waals surface area (Å²) < 4.78 is 5.89. The highest BCUT2D eigenvalue weighted by atomic mass is 16.5. The lowest BCUT2D eigenvalue weighted by Gasteiger charge is -2.23. The van der Waals surface area contributed by atoms with Gasteiger partial charge in [-0.05, 0) is 68.4 Å². The van der Waals surface area contributed by atoms with Crippen LogP contribution in [0.2, 0.25) is 0 Å². The van der Waals surface area contributed by atoms with Crippen LogP contribution in [-0.2, 0) is 11.2 Å². The Hall–Kier alpha value is -2.55. The number of allylic oxidation sites excluding steroid dienone is 2. The lowest BCUT2D eigenvalue weighted by molar-refractivity contribution is -0.129. The van der Waals surface area contributed by atoms with Gasteiger partial charge in [-0.1, -0.05) is 55.8 Å². The molecule has 2 aromatic rings. The number of hydrogen-bond donors (Lipinski definition) is 1. The van der Waals surface area contributed by atoms with E-state index in [-0.39, 0.29) is 11.3 Å². The van der Waals surface area contributed by atoms with Crippen LogP contribution in [0.5, 0.6) is 11.5 Å². The molecule has 0 saturated heterocycles. The lowest BCUT2D eigenvalue weighted by atomic mass is 9.86. The molecule has 0 heterocycles. The molecule has 1 aliphatic rings. The standard InChI is InChI=1S/C25H31NO2/c1-25(2,17-7-10-20-15-16-20)24(27)26-18-8-11-21-9-6-14-23(19-21)28-22-12-4-3-5-13-22/h3-6,9-10,12-14,19H,7-8,11,15-18H2,1-2H3,(H,26,27). The van der Waals surface area contributed by atoms with Crippen LogP contribution in [0.15, 0.2) is 66.2 Å². The van der Waals surface area contributed by atoms with Gasteiger partial charge >= 0.3 is 0 Å². The van der Waals surface area contributed by atoms with E-state index in [1.54, 1.807) is 5.57 Å². The van der Waals surface area contributed by atoms with Gasteiger partial charge in [0.15, 0.2) is 0 Å². The molecule has 148 valence electrons. The maximum atomic E-state index is 12.5. The number of rotatable bonds is 10. The van der Waals surface area contributed by atoms with Crippen LogP contribution in [-0.4, -0.2) is 12.5 Å². The topological polar surface area (TPSA) is 38.3 Å². The maximum Gasteiger partial charge on any atom is 0.225 e. The number of ether oxygens (including phenoxy) is 1.